The Morgan fingerprint density at radius 3 is 2.42 bits per heavy atom. The molecule has 0 atom stereocenters. The highest BCUT2D eigenvalue weighted by molar-refractivity contribution is 6.30. The van der Waals surface area contributed by atoms with Crippen LogP contribution in [-0.4, -0.2) is 22.0 Å². The van der Waals surface area contributed by atoms with E-state index in [0.29, 0.717) is 24.4 Å². The summed E-state index contributed by atoms with van der Waals surface area (Å²) < 4.78 is 2.25. The lowest BCUT2D eigenvalue weighted by molar-refractivity contribution is -0.120. The Hall–Kier alpha value is -3.63. The third-order valence-corrected chi connectivity index (χ3v) is 6.09. The molecular weight excluding hydrogens is 430 g/mol. The number of fused-ring (bicyclic) bond motifs is 2. The number of rotatable bonds is 7. The van der Waals surface area contributed by atoms with Gasteiger partial charge in [0, 0.05) is 24.5 Å². The Morgan fingerprint density at radius 2 is 1.58 bits per heavy atom. The number of nitrogens with zero attached hydrogens (tertiary/aromatic N) is 2. The molecule has 164 valence electrons. The minimum absolute atomic E-state index is 0.00508. The van der Waals surface area contributed by atoms with E-state index >= 15 is 0 Å². The molecular formula is C28H24ClN3O. The van der Waals surface area contributed by atoms with E-state index in [4.69, 9.17) is 16.6 Å². The molecule has 0 radical (unpaired) electrons. The summed E-state index contributed by atoms with van der Waals surface area (Å²) in [4.78, 5) is 17.2. The van der Waals surface area contributed by atoms with E-state index in [0.717, 1.165) is 29.0 Å². The SMILES string of the molecule is O=C(Cc1ccc(Cl)cc1)NCCc1nc2ccccc2n1Cc1ccc2ccccc2c1. The van der Waals surface area contributed by atoms with E-state index in [1.807, 2.05) is 30.3 Å². The monoisotopic (exact) mass is 453 g/mol. The van der Waals surface area contributed by atoms with Crippen molar-refractivity contribution in [3.63, 3.8) is 0 Å². The first-order valence-electron chi connectivity index (χ1n) is 11.1. The van der Waals surface area contributed by atoms with Crippen LogP contribution in [-0.2, 0) is 24.2 Å². The number of aromatic nitrogens is 2. The molecule has 1 heterocycles. The van der Waals surface area contributed by atoms with Gasteiger partial charge in [-0.3, -0.25) is 4.79 Å². The maximum Gasteiger partial charge on any atom is 0.224 e. The largest absolute Gasteiger partial charge is 0.355 e. The van der Waals surface area contributed by atoms with E-state index in [9.17, 15) is 4.79 Å². The normalized spacial score (nSPS) is 11.2. The molecule has 5 rings (SSSR count). The maximum absolute atomic E-state index is 12.4. The number of para-hydroxylation sites is 2. The fourth-order valence-corrected chi connectivity index (χ4v) is 4.30. The van der Waals surface area contributed by atoms with Crippen molar-refractivity contribution in [2.45, 2.75) is 19.4 Å². The van der Waals surface area contributed by atoms with Crippen LogP contribution in [0.2, 0.25) is 5.02 Å². The number of imidazole rings is 1. The number of amides is 1. The number of halogens is 1. The lowest BCUT2D eigenvalue weighted by Gasteiger charge is -2.11. The van der Waals surface area contributed by atoms with Crippen LogP contribution >= 0.6 is 11.6 Å². The second kappa shape index (κ2) is 9.47. The summed E-state index contributed by atoms with van der Waals surface area (Å²) in [6.45, 7) is 1.27. The highest BCUT2D eigenvalue weighted by Crippen LogP contribution is 2.21. The summed E-state index contributed by atoms with van der Waals surface area (Å²) in [7, 11) is 0. The van der Waals surface area contributed by atoms with Crippen molar-refractivity contribution < 1.29 is 4.79 Å². The Labute approximate surface area is 197 Å². The van der Waals surface area contributed by atoms with Gasteiger partial charge in [-0.15, -0.1) is 0 Å². The van der Waals surface area contributed by atoms with Crippen LogP contribution < -0.4 is 5.32 Å². The summed E-state index contributed by atoms with van der Waals surface area (Å²) in [6.07, 6.45) is 0.999. The summed E-state index contributed by atoms with van der Waals surface area (Å²) in [5, 5.41) is 6.17. The average molecular weight is 454 g/mol. The van der Waals surface area contributed by atoms with E-state index in [1.165, 1.54) is 16.3 Å². The second-order valence-electron chi connectivity index (χ2n) is 8.19. The molecule has 0 aliphatic rings. The van der Waals surface area contributed by atoms with Crippen LogP contribution in [0.3, 0.4) is 0 Å². The minimum Gasteiger partial charge on any atom is -0.355 e. The fraction of sp³-hybridized carbons (Fsp3) is 0.143. The lowest BCUT2D eigenvalue weighted by Crippen LogP contribution is -2.28. The van der Waals surface area contributed by atoms with Crippen molar-refractivity contribution in [3.05, 3.63) is 113 Å². The third-order valence-electron chi connectivity index (χ3n) is 5.84. The predicted octanol–water partition coefficient (Wildman–Crippen LogP) is 5.79. The van der Waals surface area contributed by atoms with Crippen molar-refractivity contribution in [1.29, 1.82) is 0 Å². The van der Waals surface area contributed by atoms with Gasteiger partial charge >= 0.3 is 0 Å². The average Bonchev–Trinajstić information content (AvgIpc) is 3.17. The van der Waals surface area contributed by atoms with E-state index in [-0.39, 0.29) is 5.91 Å². The number of hydrogen-bond acceptors (Lipinski definition) is 2. The van der Waals surface area contributed by atoms with Crippen LogP contribution in [0.25, 0.3) is 21.8 Å². The van der Waals surface area contributed by atoms with Crippen LogP contribution in [0, 0.1) is 0 Å². The number of carbonyl (C=O) groups excluding carboxylic acids is 1. The van der Waals surface area contributed by atoms with Gasteiger partial charge in [-0.2, -0.15) is 0 Å². The molecule has 0 unspecified atom stereocenters. The first-order valence-corrected chi connectivity index (χ1v) is 11.5. The van der Waals surface area contributed by atoms with Crippen LogP contribution in [0.5, 0.6) is 0 Å². The van der Waals surface area contributed by atoms with Gasteiger partial charge in [-0.05, 0) is 52.2 Å². The first-order chi connectivity index (χ1) is 16.2. The van der Waals surface area contributed by atoms with Crippen LogP contribution in [0.4, 0.5) is 0 Å². The van der Waals surface area contributed by atoms with Crippen molar-refractivity contribution in [3.8, 4) is 0 Å². The molecule has 33 heavy (non-hydrogen) atoms. The molecule has 0 saturated heterocycles. The summed E-state index contributed by atoms with van der Waals surface area (Å²) in [5.41, 5.74) is 4.25. The van der Waals surface area contributed by atoms with Crippen molar-refractivity contribution in [1.82, 2.24) is 14.9 Å². The summed E-state index contributed by atoms with van der Waals surface area (Å²) in [6, 6.07) is 30.5. The minimum atomic E-state index is -0.00508. The molecule has 1 aromatic heterocycles. The van der Waals surface area contributed by atoms with Gasteiger partial charge in [-0.1, -0.05) is 72.3 Å². The van der Waals surface area contributed by atoms with Gasteiger partial charge < -0.3 is 9.88 Å². The molecule has 0 fully saturated rings. The van der Waals surface area contributed by atoms with Gasteiger partial charge in [0.05, 0.1) is 17.5 Å². The lowest BCUT2D eigenvalue weighted by atomic mass is 10.1. The van der Waals surface area contributed by atoms with E-state index in [1.54, 1.807) is 12.1 Å². The third kappa shape index (κ3) is 4.91. The van der Waals surface area contributed by atoms with Crippen molar-refractivity contribution >= 4 is 39.3 Å². The van der Waals surface area contributed by atoms with E-state index in [2.05, 4.69) is 58.4 Å². The number of hydrogen-bond donors (Lipinski definition) is 1. The topological polar surface area (TPSA) is 46.9 Å². The molecule has 1 amide bonds. The molecule has 5 heteroatoms. The van der Waals surface area contributed by atoms with Crippen molar-refractivity contribution in [2.75, 3.05) is 6.54 Å². The molecule has 4 nitrogen and oxygen atoms in total. The standard InChI is InChI=1S/C28H24ClN3O/c29-24-13-10-20(11-14-24)18-28(33)30-16-15-27-31-25-7-3-4-8-26(25)32(27)19-21-9-12-22-5-1-2-6-23(22)17-21/h1-14,17H,15-16,18-19H2,(H,30,33). The van der Waals surface area contributed by atoms with Gasteiger partial charge in [0.2, 0.25) is 5.91 Å². The Kier molecular flexibility index (Phi) is 6.09. The van der Waals surface area contributed by atoms with Gasteiger partial charge in [0.1, 0.15) is 5.82 Å². The Bertz CT molecular complexity index is 1420. The van der Waals surface area contributed by atoms with Crippen LogP contribution in [0.15, 0.2) is 91.0 Å². The smallest absolute Gasteiger partial charge is 0.224 e. The van der Waals surface area contributed by atoms with Gasteiger partial charge in [-0.25, -0.2) is 4.98 Å². The number of carbonyl (C=O) groups is 1. The number of benzene rings is 4. The molecule has 1 N–H and O–H groups in total. The van der Waals surface area contributed by atoms with Crippen LogP contribution in [0.1, 0.15) is 17.0 Å². The highest BCUT2D eigenvalue weighted by Gasteiger charge is 2.12. The fourth-order valence-electron chi connectivity index (χ4n) is 4.18. The molecule has 0 aliphatic carbocycles. The Balaban J connectivity index is 1.32. The van der Waals surface area contributed by atoms with Gasteiger partial charge in [0.15, 0.2) is 0 Å². The molecule has 0 saturated carbocycles. The number of nitrogens with one attached hydrogen (secondary N) is 1. The quantitative estimate of drug-likeness (QED) is 0.339. The first kappa shape index (κ1) is 21.2. The molecule has 4 aromatic carbocycles. The molecule has 0 spiro atoms. The summed E-state index contributed by atoms with van der Waals surface area (Å²) >= 11 is 5.92. The second-order valence-corrected chi connectivity index (χ2v) is 8.62. The molecule has 5 aromatic rings. The zero-order valence-corrected chi connectivity index (χ0v) is 18.9. The zero-order chi connectivity index (χ0) is 22.6. The molecule has 0 bridgehead atoms. The summed E-state index contributed by atoms with van der Waals surface area (Å²) in [5.74, 6) is 0.964. The Morgan fingerprint density at radius 1 is 0.848 bits per heavy atom. The highest BCUT2D eigenvalue weighted by atomic mass is 35.5. The van der Waals surface area contributed by atoms with Gasteiger partial charge in [0.25, 0.3) is 0 Å². The zero-order valence-electron chi connectivity index (χ0n) is 18.2. The predicted molar refractivity (Wildman–Crippen MR) is 135 cm³/mol. The maximum atomic E-state index is 12.4. The van der Waals surface area contributed by atoms with Crippen molar-refractivity contribution in [2.24, 2.45) is 0 Å². The van der Waals surface area contributed by atoms with E-state index < -0.39 is 0 Å². The molecule has 0 aliphatic heterocycles.